The van der Waals surface area contributed by atoms with Crippen molar-refractivity contribution in [1.82, 2.24) is 0 Å². The first-order valence-electron chi connectivity index (χ1n) is 14.0. The standard InChI is InChI=1S/C34H30Cl2O8/c35-27-7-3-1-5-25(27)33(37)23-9-11-29-31(21-23)43-19-15-40-16-20-44-32-22-24(34(38)26-6-2-4-8-28(26)36)10-12-30(32)42-18-14-39-13-17-41-29/h1-12,21-22H,13-20H2. The molecule has 0 spiro atoms. The van der Waals surface area contributed by atoms with Crippen molar-refractivity contribution < 1.29 is 38.0 Å². The fraction of sp³-hybridized carbons (Fsp3) is 0.235. The van der Waals surface area contributed by atoms with Crippen LogP contribution in [0.15, 0.2) is 84.9 Å². The Morgan fingerprint density at radius 1 is 0.455 bits per heavy atom. The van der Waals surface area contributed by atoms with Gasteiger partial charge in [-0.05, 0) is 60.7 Å². The second-order valence-electron chi connectivity index (χ2n) is 9.56. The van der Waals surface area contributed by atoms with Crippen molar-refractivity contribution in [3.8, 4) is 23.0 Å². The van der Waals surface area contributed by atoms with Crippen LogP contribution in [0.4, 0.5) is 0 Å². The summed E-state index contributed by atoms with van der Waals surface area (Å²) in [5.74, 6) is 1.29. The average Bonchev–Trinajstić information content (AvgIpc) is 3.04. The summed E-state index contributed by atoms with van der Waals surface area (Å²) in [6.45, 7) is 1.99. The van der Waals surface area contributed by atoms with Gasteiger partial charge in [0.25, 0.3) is 0 Å². The molecule has 0 N–H and O–H groups in total. The summed E-state index contributed by atoms with van der Waals surface area (Å²) >= 11 is 12.5. The van der Waals surface area contributed by atoms with E-state index >= 15 is 0 Å². The molecule has 0 amide bonds. The smallest absolute Gasteiger partial charge is 0.194 e. The van der Waals surface area contributed by atoms with Crippen LogP contribution >= 0.6 is 23.2 Å². The molecule has 10 heteroatoms. The third kappa shape index (κ3) is 8.09. The second-order valence-corrected chi connectivity index (χ2v) is 10.4. The van der Waals surface area contributed by atoms with Crippen molar-refractivity contribution in [3.63, 3.8) is 0 Å². The maximum absolute atomic E-state index is 13.1. The minimum absolute atomic E-state index is 0.201. The second kappa shape index (κ2) is 15.6. The molecular weight excluding hydrogens is 607 g/mol. The van der Waals surface area contributed by atoms with E-state index in [0.29, 0.717) is 68.5 Å². The van der Waals surface area contributed by atoms with Crippen molar-refractivity contribution in [2.75, 3.05) is 52.9 Å². The summed E-state index contributed by atoms with van der Waals surface area (Å²) < 4.78 is 35.1. The van der Waals surface area contributed by atoms with E-state index in [1.807, 2.05) is 0 Å². The first kappa shape index (κ1) is 31.3. The lowest BCUT2D eigenvalue weighted by Crippen LogP contribution is -2.16. The summed E-state index contributed by atoms with van der Waals surface area (Å²) in [4.78, 5) is 26.2. The molecule has 0 radical (unpaired) electrons. The molecule has 0 fully saturated rings. The van der Waals surface area contributed by atoms with Gasteiger partial charge in [-0.2, -0.15) is 0 Å². The fourth-order valence-corrected chi connectivity index (χ4v) is 4.85. The average molecular weight is 638 g/mol. The zero-order valence-corrected chi connectivity index (χ0v) is 25.3. The van der Waals surface area contributed by atoms with Gasteiger partial charge in [0.1, 0.15) is 26.4 Å². The maximum Gasteiger partial charge on any atom is 0.194 e. The molecule has 5 rings (SSSR count). The Morgan fingerprint density at radius 3 is 1.20 bits per heavy atom. The van der Waals surface area contributed by atoms with Crippen LogP contribution < -0.4 is 18.9 Å². The van der Waals surface area contributed by atoms with Crippen LogP contribution in [0, 0.1) is 0 Å². The first-order valence-corrected chi connectivity index (χ1v) is 14.8. The monoisotopic (exact) mass is 636 g/mol. The van der Waals surface area contributed by atoms with Gasteiger partial charge in [-0.1, -0.05) is 47.5 Å². The minimum Gasteiger partial charge on any atom is -0.487 e. The predicted octanol–water partition coefficient (Wildman–Crippen LogP) is 6.72. The van der Waals surface area contributed by atoms with Crippen molar-refractivity contribution in [1.29, 1.82) is 0 Å². The fourth-order valence-electron chi connectivity index (χ4n) is 4.41. The lowest BCUT2D eigenvalue weighted by atomic mass is 10.0. The summed E-state index contributed by atoms with van der Waals surface area (Å²) in [6.07, 6.45) is 0. The van der Waals surface area contributed by atoms with Crippen molar-refractivity contribution >= 4 is 34.8 Å². The third-order valence-corrected chi connectivity index (χ3v) is 7.25. The Morgan fingerprint density at radius 2 is 0.818 bits per heavy atom. The molecule has 4 aromatic rings. The minimum atomic E-state index is -0.227. The Hall–Kier alpha value is -4.08. The van der Waals surface area contributed by atoms with Crippen LogP contribution in [0.1, 0.15) is 31.8 Å². The van der Waals surface area contributed by atoms with Crippen LogP contribution in [-0.2, 0) is 9.47 Å². The summed E-state index contributed by atoms with van der Waals surface area (Å²) in [6, 6.07) is 23.8. The number of benzene rings is 4. The molecule has 44 heavy (non-hydrogen) atoms. The number of hydrogen-bond acceptors (Lipinski definition) is 8. The van der Waals surface area contributed by atoms with Crippen LogP contribution in [0.2, 0.25) is 10.0 Å². The number of ether oxygens (including phenoxy) is 6. The highest BCUT2D eigenvalue weighted by Crippen LogP contribution is 2.32. The molecule has 0 saturated carbocycles. The summed E-state index contributed by atoms with van der Waals surface area (Å²) in [5, 5.41) is 0.743. The van der Waals surface area contributed by atoms with E-state index in [2.05, 4.69) is 0 Å². The molecule has 0 atom stereocenters. The van der Waals surface area contributed by atoms with Gasteiger partial charge in [0.15, 0.2) is 34.6 Å². The maximum atomic E-state index is 13.1. The number of hydrogen-bond donors (Lipinski definition) is 0. The van der Waals surface area contributed by atoms with Gasteiger partial charge in [0.05, 0.1) is 36.5 Å². The van der Waals surface area contributed by atoms with Crippen LogP contribution in [0.3, 0.4) is 0 Å². The highest BCUT2D eigenvalue weighted by atomic mass is 35.5. The van der Waals surface area contributed by atoms with E-state index in [-0.39, 0.29) is 51.2 Å². The molecule has 0 bridgehead atoms. The molecule has 1 aliphatic rings. The van der Waals surface area contributed by atoms with Crippen molar-refractivity contribution in [2.45, 2.75) is 0 Å². The van der Waals surface area contributed by atoms with E-state index < -0.39 is 0 Å². The van der Waals surface area contributed by atoms with E-state index in [0.717, 1.165) is 0 Å². The number of fused-ring (bicyclic) bond motifs is 2. The van der Waals surface area contributed by atoms with Gasteiger partial charge in [0.2, 0.25) is 0 Å². The van der Waals surface area contributed by atoms with E-state index in [9.17, 15) is 9.59 Å². The number of carbonyl (C=O) groups is 2. The quantitative estimate of drug-likeness (QED) is 0.228. The molecule has 4 aromatic carbocycles. The lowest BCUT2D eigenvalue weighted by Gasteiger charge is -2.16. The number of rotatable bonds is 4. The Labute approximate surface area is 265 Å². The van der Waals surface area contributed by atoms with Gasteiger partial charge >= 0.3 is 0 Å². The van der Waals surface area contributed by atoms with Gasteiger partial charge in [-0.3, -0.25) is 9.59 Å². The zero-order valence-electron chi connectivity index (χ0n) is 23.8. The molecule has 0 saturated heterocycles. The molecule has 228 valence electrons. The highest BCUT2D eigenvalue weighted by Gasteiger charge is 2.18. The first-order chi connectivity index (χ1) is 21.5. The molecule has 1 aliphatic heterocycles. The van der Waals surface area contributed by atoms with Gasteiger partial charge in [-0.15, -0.1) is 0 Å². The SMILES string of the molecule is O=C(c1ccc2c(c1)OCCOCCOc1cc(C(=O)c3ccccc3Cl)ccc1OCCOCCO2)c1ccccc1Cl. The molecule has 0 aromatic heterocycles. The molecule has 0 unspecified atom stereocenters. The Bertz CT molecular complexity index is 1490. The lowest BCUT2D eigenvalue weighted by molar-refractivity contribution is 0.0639. The van der Waals surface area contributed by atoms with Crippen LogP contribution in [0.5, 0.6) is 23.0 Å². The van der Waals surface area contributed by atoms with Gasteiger partial charge < -0.3 is 28.4 Å². The molecule has 1 heterocycles. The highest BCUT2D eigenvalue weighted by molar-refractivity contribution is 6.35. The number of halogens is 2. The van der Waals surface area contributed by atoms with Crippen molar-refractivity contribution in [3.05, 3.63) is 117 Å². The summed E-state index contributed by atoms with van der Waals surface area (Å²) in [5.41, 5.74) is 1.62. The van der Waals surface area contributed by atoms with Crippen molar-refractivity contribution in [2.24, 2.45) is 0 Å². The Kier molecular flexibility index (Phi) is 11.1. The normalized spacial score (nSPS) is 14.6. The largest absolute Gasteiger partial charge is 0.487 e. The molecule has 0 aliphatic carbocycles. The van der Waals surface area contributed by atoms with Gasteiger partial charge in [-0.25, -0.2) is 0 Å². The third-order valence-electron chi connectivity index (χ3n) is 6.59. The van der Waals surface area contributed by atoms with E-state index in [1.165, 1.54) is 0 Å². The number of ketones is 2. The van der Waals surface area contributed by atoms with Gasteiger partial charge in [0, 0.05) is 22.3 Å². The Balaban J connectivity index is 1.25. The van der Waals surface area contributed by atoms with Crippen LogP contribution in [-0.4, -0.2) is 64.4 Å². The summed E-state index contributed by atoms with van der Waals surface area (Å²) in [7, 11) is 0. The topological polar surface area (TPSA) is 89.5 Å². The van der Waals surface area contributed by atoms with Crippen LogP contribution in [0.25, 0.3) is 0 Å². The number of carbonyl (C=O) groups excluding carboxylic acids is 2. The molecule has 8 nitrogen and oxygen atoms in total. The van der Waals surface area contributed by atoms with E-state index in [4.69, 9.17) is 51.6 Å². The molecular formula is C34H30Cl2O8. The zero-order chi connectivity index (χ0) is 30.7. The predicted molar refractivity (Wildman–Crippen MR) is 166 cm³/mol. The van der Waals surface area contributed by atoms with E-state index in [1.54, 1.807) is 84.9 Å².